The summed E-state index contributed by atoms with van der Waals surface area (Å²) in [7, 11) is 1.66. The molecular weight excluding hydrogens is 406 g/mol. The van der Waals surface area contributed by atoms with Crippen LogP contribution in [0, 0.1) is 13.8 Å². The third kappa shape index (κ3) is 3.33. The minimum Gasteiger partial charge on any atom is -0.496 e. The molecule has 2 N–H and O–H groups in total. The predicted octanol–water partition coefficient (Wildman–Crippen LogP) is 4.06. The first kappa shape index (κ1) is 20.0. The average Bonchev–Trinajstić information content (AvgIpc) is 3.14. The number of ether oxygens (including phenoxy) is 1. The standard InChI is InChI=1S/C24H23N5O3/c1-13-21(14(2)32-29-13)22-16(8-7-15-6-4-5-9-25-15)23-17(10-19(22)31-3)24-18(11-26-23)28-20(30)12-27-24/h4-6,9-11,27H,7-8,12H2,1-3H3,(H,28,30). The SMILES string of the molecule is COc1cc2c3c(cnc2c(CCc2ccccn2)c1-c1c(C)noc1C)NC(=O)CN3. The molecule has 162 valence electrons. The Labute approximate surface area is 185 Å². The first-order valence-corrected chi connectivity index (χ1v) is 10.5. The first-order valence-electron chi connectivity index (χ1n) is 10.5. The first-order chi connectivity index (χ1) is 15.6. The Morgan fingerprint density at radius 3 is 2.75 bits per heavy atom. The van der Waals surface area contributed by atoms with Crippen LogP contribution in [0.15, 0.2) is 41.2 Å². The van der Waals surface area contributed by atoms with Gasteiger partial charge in [0.05, 0.1) is 48.0 Å². The average molecular weight is 429 g/mol. The molecule has 0 atom stereocenters. The highest BCUT2D eigenvalue weighted by Gasteiger charge is 2.26. The molecule has 5 rings (SSSR count). The van der Waals surface area contributed by atoms with Gasteiger partial charge in [-0.05, 0) is 50.5 Å². The van der Waals surface area contributed by atoms with E-state index < -0.39 is 0 Å². The molecule has 0 bridgehead atoms. The Kier molecular flexibility index (Phi) is 4.97. The summed E-state index contributed by atoms with van der Waals surface area (Å²) >= 11 is 0. The van der Waals surface area contributed by atoms with E-state index in [0.29, 0.717) is 17.9 Å². The van der Waals surface area contributed by atoms with Crippen LogP contribution in [-0.2, 0) is 17.6 Å². The predicted molar refractivity (Wildman–Crippen MR) is 122 cm³/mol. The van der Waals surface area contributed by atoms with Gasteiger partial charge in [0.15, 0.2) is 0 Å². The highest BCUT2D eigenvalue weighted by molar-refractivity contribution is 6.10. The molecular formula is C24H23N5O3. The van der Waals surface area contributed by atoms with Crippen molar-refractivity contribution in [3.63, 3.8) is 0 Å². The fourth-order valence-electron chi connectivity index (χ4n) is 4.34. The summed E-state index contributed by atoms with van der Waals surface area (Å²) in [5.41, 5.74) is 7.02. The number of rotatable bonds is 5. The van der Waals surface area contributed by atoms with Crippen LogP contribution in [0.4, 0.5) is 11.4 Å². The van der Waals surface area contributed by atoms with Gasteiger partial charge in [0.2, 0.25) is 5.91 Å². The summed E-state index contributed by atoms with van der Waals surface area (Å²) in [6.45, 7) is 4.04. The number of nitrogens with zero attached hydrogens (tertiary/aromatic N) is 3. The van der Waals surface area contributed by atoms with Crippen LogP contribution >= 0.6 is 0 Å². The fourth-order valence-corrected chi connectivity index (χ4v) is 4.34. The van der Waals surface area contributed by atoms with Crippen molar-refractivity contribution in [2.75, 3.05) is 24.3 Å². The van der Waals surface area contributed by atoms with E-state index in [-0.39, 0.29) is 12.5 Å². The summed E-state index contributed by atoms with van der Waals surface area (Å²) in [6, 6.07) is 7.89. The highest BCUT2D eigenvalue weighted by atomic mass is 16.5. The van der Waals surface area contributed by atoms with Crippen molar-refractivity contribution in [1.82, 2.24) is 15.1 Å². The van der Waals surface area contributed by atoms with Crippen LogP contribution in [0.1, 0.15) is 22.7 Å². The molecule has 1 amide bonds. The number of hydrogen-bond acceptors (Lipinski definition) is 7. The molecule has 0 radical (unpaired) electrons. The molecule has 4 aromatic rings. The summed E-state index contributed by atoms with van der Waals surface area (Å²) in [5.74, 6) is 1.34. The third-order valence-corrected chi connectivity index (χ3v) is 5.79. The number of hydrogen-bond donors (Lipinski definition) is 2. The number of anilines is 2. The third-order valence-electron chi connectivity index (χ3n) is 5.79. The smallest absolute Gasteiger partial charge is 0.243 e. The van der Waals surface area contributed by atoms with E-state index in [4.69, 9.17) is 14.2 Å². The maximum absolute atomic E-state index is 11.8. The number of carbonyl (C=O) groups is 1. The van der Waals surface area contributed by atoms with Gasteiger partial charge in [-0.2, -0.15) is 0 Å². The topological polar surface area (TPSA) is 102 Å². The summed E-state index contributed by atoms with van der Waals surface area (Å²) in [6.07, 6.45) is 4.94. The van der Waals surface area contributed by atoms with Crippen LogP contribution in [0.3, 0.4) is 0 Å². The monoisotopic (exact) mass is 429 g/mol. The molecule has 1 aliphatic heterocycles. The Hall–Kier alpha value is -3.94. The van der Waals surface area contributed by atoms with E-state index in [2.05, 4.69) is 20.8 Å². The number of benzene rings is 1. The number of aryl methyl sites for hydroxylation is 4. The van der Waals surface area contributed by atoms with Gasteiger partial charge in [-0.3, -0.25) is 14.8 Å². The fraction of sp³-hybridized carbons (Fsp3) is 0.250. The summed E-state index contributed by atoms with van der Waals surface area (Å²) in [4.78, 5) is 21.1. The number of nitrogens with one attached hydrogen (secondary N) is 2. The Bertz CT molecular complexity index is 1310. The van der Waals surface area contributed by atoms with Crippen LogP contribution in [0.2, 0.25) is 0 Å². The van der Waals surface area contributed by atoms with Crippen molar-refractivity contribution in [3.05, 3.63) is 59.4 Å². The number of aromatic nitrogens is 3. The second-order valence-corrected chi connectivity index (χ2v) is 7.80. The Balaban J connectivity index is 1.77. The molecule has 1 aromatic carbocycles. The molecule has 8 nitrogen and oxygen atoms in total. The van der Waals surface area contributed by atoms with Gasteiger partial charge in [-0.1, -0.05) is 11.2 Å². The lowest BCUT2D eigenvalue weighted by Gasteiger charge is -2.23. The molecule has 0 aliphatic carbocycles. The second-order valence-electron chi connectivity index (χ2n) is 7.80. The molecule has 3 aromatic heterocycles. The lowest BCUT2D eigenvalue weighted by Crippen LogP contribution is -2.27. The lowest BCUT2D eigenvalue weighted by atomic mass is 9.90. The highest BCUT2D eigenvalue weighted by Crippen LogP contribution is 2.44. The van der Waals surface area contributed by atoms with Crippen molar-refractivity contribution in [3.8, 4) is 16.9 Å². The number of carbonyl (C=O) groups excluding carboxylic acids is 1. The van der Waals surface area contributed by atoms with Crippen molar-refractivity contribution in [2.24, 2.45) is 0 Å². The van der Waals surface area contributed by atoms with Crippen molar-refractivity contribution < 1.29 is 14.1 Å². The Morgan fingerprint density at radius 1 is 1.16 bits per heavy atom. The minimum atomic E-state index is -0.0895. The van der Waals surface area contributed by atoms with E-state index in [1.807, 2.05) is 38.1 Å². The van der Waals surface area contributed by atoms with E-state index >= 15 is 0 Å². The molecule has 32 heavy (non-hydrogen) atoms. The van der Waals surface area contributed by atoms with Crippen molar-refractivity contribution in [1.29, 1.82) is 0 Å². The van der Waals surface area contributed by atoms with Gasteiger partial charge in [-0.25, -0.2) is 0 Å². The van der Waals surface area contributed by atoms with E-state index in [0.717, 1.165) is 56.8 Å². The minimum absolute atomic E-state index is 0.0895. The van der Waals surface area contributed by atoms with Crippen molar-refractivity contribution >= 4 is 28.2 Å². The number of fused-ring (bicyclic) bond motifs is 3. The quantitative estimate of drug-likeness (QED) is 0.493. The van der Waals surface area contributed by atoms with Crippen LogP contribution in [-0.4, -0.2) is 34.7 Å². The molecule has 8 heteroatoms. The largest absolute Gasteiger partial charge is 0.496 e. The van der Waals surface area contributed by atoms with Gasteiger partial charge in [0, 0.05) is 22.8 Å². The Morgan fingerprint density at radius 2 is 2.03 bits per heavy atom. The number of methoxy groups -OCH3 is 1. The maximum atomic E-state index is 11.8. The zero-order chi connectivity index (χ0) is 22.2. The van der Waals surface area contributed by atoms with Gasteiger partial charge >= 0.3 is 0 Å². The van der Waals surface area contributed by atoms with Crippen LogP contribution in [0.5, 0.6) is 5.75 Å². The molecule has 0 unspecified atom stereocenters. The van der Waals surface area contributed by atoms with Crippen LogP contribution < -0.4 is 15.4 Å². The number of amides is 1. The molecule has 4 heterocycles. The van der Waals surface area contributed by atoms with Gasteiger partial charge in [0.1, 0.15) is 11.5 Å². The molecule has 0 saturated carbocycles. The zero-order valence-corrected chi connectivity index (χ0v) is 18.2. The summed E-state index contributed by atoms with van der Waals surface area (Å²) in [5, 5.41) is 11.2. The van der Waals surface area contributed by atoms with Gasteiger partial charge < -0.3 is 19.9 Å². The molecule has 0 spiro atoms. The molecule has 0 saturated heterocycles. The van der Waals surface area contributed by atoms with Crippen LogP contribution in [0.25, 0.3) is 22.0 Å². The van der Waals surface area contributed by atoms with E-state index in [1.54, 1.807) is 19.5 Å². The second kappa shape index (κ2) is 7.96. The summed E-state index contributed by atoms with van der Waals surface area (Å²) < 4.78 is 11.3. The molecule has 0 fully saturated rings. The normalized spacial score (nSPS) is 12.9. The number of pyridine rings is 2. The molecule has 1 aliphatic rings. The van der Waals surface area contributed by atoms with E-state index in [9.17, 15) is 4.79 Å². The van der Waals surface area contributed by atoms with Gasteiger partial charge in [0.25, 0.3) is 0 Å². The van der Waals surface area contributed by atoms with E-state index in [1.165, 1.54) is 0 Å². The van der Waals surface area contributed by atoms with Crippen molar-refractivity contribution in [2.45, 2.75) is 26.7 Å². The zero-order valence-electron chi connectivity index (χ0n) is 18.2. The maximum Gasteiger partial charge on any atom is 0.243 e. The van der Waals surface area contributed by atoms with Gasteiger partial charge in [-0.15, -0.1) is 0 Å². The lowest BCUT2D eigenvalue weighted by molar-refractivity contribution is -0.114.